The van der Waals surface area contributed by atoms with Gasteiger partial charge in [-0.1, -0.05) is 0 Å². The molecule has 6 saturated heterocycles. The molecule has 6 rings (SSSR count). The Morgan fingerprint density at radius 2 is 0.835 bits per heavy atom. The lowest BCUT2D eigenvalue weighted by Crippen LogP contribution is -2.69. The van der Waals surface area contributed by atoms with Gasteiger partial charge in [-0.2, -0.15) is 0 Å². The molecule has 0 unspecified atom stereocenters. The first-order valence-electron chi connectivity index (χ1n) is 27.2. The molecule has 0 aromatic heterocycles. The molecular weight excluding hydrogens is 1160 g/mol. The molecule has 0 aromatic carbocycles. The molecule has 34 atom stereocenters. The second-order valence-corrected chi connectivity index (χ2v) is 21.5. The minimum absolute atomic E-state index is 0.858. The maximum Gasteiger partial charge on any atom is 0.217 e. The lowest BCUT2D eigenvalue weighted by atomic mass is 9.94. The molecule has 0 saturated carbocycles. The molecule has 494 valence electrons. The Kier molecular flexibility index (Phi) is 26.2. The lowest BCUT2D eigenvalue weighted by Gasteiger charge is -2.49. The Labute approximate surface area is 483 Å². The second-order valence-electron chi connectivity index (χ2n) is 21.5. The number of carbonyl (C=O) groups is 3. The summed E-state index contributed by atoms with van der Waals surface area (Å²) in [6, 6.07) is -5.36. The molecule has 37 nitrogen and oxygen atoms in total. The highest BCUT2D eigenvalue weighted by Crippen LogP contribution is 2.37. The summed E-state index contributed by atoms with van der Waals surface area (Å²) in [5.41, 5.74) is 0. The van der Waals surface area contributed by atoms with Crippen molar-refractivity contribution in [3.8, 4) is 0 Å². The number of nitrogens with one attached hydrogen (secondary N) is 3. The molecule has 6 aliphatic rings. The van der Waals surface area contributed by atoms with Crippen LogP contribution in [0.5, 0.6) is 0 Å². The third-order valence-electron chi connectivity index (χ3n) is 15.3. The molecule has 0 radical (unpaired) electrons. The Bertz CT molecular complexity index is 2100. The Balaban J connectivity index is 1.25. The standard InChI is InChI=1S/C48H83N3O34/c1-12-25(61)32(68)36(72)45(75-12)84-41-34(70)28(64)19(7-53)78-47(41)82-39-22(10-56)80-44(23(31(39)67)50-15(4)58)81-38(17(6-52)49-14(3)57)27(63)18(60)11-74-43-24(51-16(5)59)40(30(66)21(9-55)77-43)83-48-42(35(71)29(65)20(8-54)79-48)85-46-37(73)33(69)26(62)13(2)76-46/h12-13,17-48,52-56,60-73H,6-11H2,1-5H3,(H,49,57)(H,50,58)(H,51,59)/t12-,13-,17-,18+,19+,20+,21+,22+,23+,24+,25+,26+,27-,28-,29-,30+,31+,32+,33+,34-,35-,36-,37-,38+,39+,40+,41+,42+,43+,44-,45-,46-,47-,48-/m0/s1. The summed E-state index contributed by atoms with van der Waals surface area (Å²) in [4.78, 5) is 38.1. The van der Waals surface area contributed by atoms with E-state index in [0.29, 0.717) is 0 Å². The number of carbonyl (C=O) groups excluding carboxylic acids is 3. The van der Waals surface area contributed by atoms with Crippen molar-refractivity contribution in [3.05, 3.63) is 0 Å². The average Bonchev–Trinajstić information content (AvgIpc) is 3.56. The summed E-state index contributed by atoms with van der Waals surface area (Å²) >= 11 is 0. The van der Waals surface area contributed by atoms with Gasteiger partial charge in [0.2, 0.25) is 17.7 Å². The van der Waals surface area contributed by atoms with Crippen LogP contribution >= 0.6 is 0 Å². The molecule has 3 amide bonds. The summed E-state index contributed by atoms with van der Waals surface area (Å²) in [7, 11) is 0. The SMILES string of the molecule is CC(=O)N[C@H]1[C@H](O[C@@H]([C@@H](O)[C@H](O)CO[C@@H]2O[C@H](CO)[C@@H](O)[C@H](O[C@@H]3O[C@H](CO)[C@H](O)[C@H](O)[C@H]3O[C@@H]3O[C@@H](C)[C@@H](O)[C@@H](O)[C@@H]3O)[C@H]2NC(C)=O)[C@H](CO)NC(C)=O)O[C@H](CO)[C@@H](O[C@@H]2O[C@H](CO)[C@H](O)[C@H](O)[C@H]2O[C@@H]2O[C@@H](C)[C@@H](O)[C@@H](O)[C@@H]2O)[C@@H]1O. The van der Waals surface area contributed by atoms with E-state index in [4.69, 9.17) is 56.8 Å². The van der Waals surface area contributed by atoms with Gasteiger partial charge in [-0.05, 0) is 13.8 Å². The third-order valence-corrected chi connectivity index (χ3v) is 15.3. The van der Waals surface area contributed by atoms with Crippen molar-refractivity contribution in [3.63, 3.8) is 0 Å². The predicted octanol–water partition coefficient (Wildman–Crippen LogP) is -14.2. The van der Waals surface area contributed by atoms with Crippen LogP contribution in [0.1, 0.15) is 34.6 Å². The van der Waals surface area contributed by atoms with E-state index in [2.05, 4.69) is 16.0 Å². The average molecular weight is 1250 g/mol. The van der Waals surface area contributed by atoms with Crippen LogP contribution in [0.25, 0.3) is 0 Å². The quantitative estimate of drug-likeness (QED) is 0.0427. The fraction of sp³-hybridized carbons (Fsp3) is 0.938. The number of ether oxygens (including phenoxy) is 12. The van der Waals surface area contributed by atoms with Crippen LogP contribution in [0.3, 0.4) is 0 Å². The minimum atomic E-state index is -2.37. The van der Waals surface area contributed by atoms with Gasteiger partial charge in [0.05, 0.1) is 57.9 Å². The van der Waals surface area contributed by atoms with Crippen LogP contribution in [0.4, 0.5) is 0 Å². The summed E-state index contributed by atoms with van der Waals surface area (Å²) in [5.74, 6) is -2.62. The minimum Gasteiger partial charge on any atom is -0.394 e. The van der Waals surface area contributed by atoms with Gasteiger partial charge in [-0.15, -0.1) is 0 Å². The third kappa shape index (κ3) is 16.4. The molecule has 85 heavy (non-hydrogen) atoms. The zero-order valence-corrected chi connectivity index (χ0v) is 46.5. The van der Waals surface area contributed by atoms with E-state index in [1.807, 2.05) is 0 Å². The van der Waals surface area contributed by atoms with Crippen molar-refractivity contribution in [1.82, 2.24) is 16.0 Å². The van der Waals surface area contributed by atoms with Crippen LogP contribution in [-0.4, -0.2) is 363 Å². The zero-order chi connectivity index (χ0) is 63.2. The molecule has 22 N–H and O–H groups in total. The molecule has 6 aliphatic heterocycles. The summed E-state index contributed by atoms with van der Waals surface area (Å²) < 4.78 is 69.7. The zero-order valence-electron chi connectivity index (χ0n) is 46.5. The lowest BCUT2D eigenvalue weighted by molar-refractivity contribution is -0.384. The number of amides is 3. The molecular formula is C48H83N3O34. The molecule has 37 heteroatoms. The largest absolute Gasteiger partial charge is 0.394 e. The van der Waals surface area contributed by atoms with Crippen LogP contribution in [0, 0.1) is 0 Å². The van der Waals surface area contributed by atoms with Crippen LogP contribution in [0.2, 0.25) is 0 Å². The van der Waals surface area contributed by atoms with Gasteiger partial charge in [-0.3, -0.25) is 14.4 Å². The Morgan fingerprint density at radius 1 is 0.424 bits per heavy atom. The first kappa shape index (κ1) is 71.2. The number of hydrogen-bond donors (Lipinski definition) is 22. The molecule has 0 aliphatic carbocycles. The van der Waals surface area contributed by atoms with Gasteiger partial charge in [0.1, 0.15) is 152 Å². The molecule has 0 spiro atoms. The van der Waals surface area contributed by atoms with E-state index in [9.17, 15) is 111 Å². The smallest absolute Gasteiger partial charge is 0.217 e. The fourth-order valence-corrected chi connectivity index (χ4v) is 10.6. The summed E-state index contributed by atoms with van der Waals surface area (Å²) in [5, 5.41) is 213. The van der Waals surface area contributed by atoms with Gasteiger partial charge in [0.25, 0.3) is 0 Å². The maximum atomic E-state index is 12.8. The van der Waals surface area contributed by atoms with Crippen LogP contribution in [-0.2, 0) is 71.2 Å². The van der Waals surface area contributed by atoms with Gasteiger partial charge in [0.15, 0.2) is 37.7 Å². The summed E-state index contributed by atoms with van der Waals surface area (Å²) in [6.07, 6.45) is -58.3. The normalized spacial score (nSPS) is 45.9. The van der Waals surface area contributed by atoms with Crippen molar-refractivity contribution in [2.24, 2.45) is 0 Å². The van der Waals surface area contributed by atoms with E-state index >= 15 is 0 Å². The van der Waals surface area contributed by atoms with Crippen molar-refractivity contribution >= 4 is 17.7 Å². The highest BCUT2D eigenvalue weighted by molar-refractivity contribution is 5.74. The van der Waals surface area contributed by atoms with Crippen LogP contribution in [0.15, 0.2) is 0 Å². The summed E-state index contributed by atoms with van der Waals surface area (Å²) in [6.45, 7) is -0.667. The number of hydrogen-bond acceptors (Lipinski definition) is 34. The topological polar surface area (TPSA) is 582 Å². The van der Waals surface area contributed by atoms with Crippen molar-refractivity contribution < 1.29 is 168 Å². The van der Waals surface area contributed by atoms with E-state index in [0.717, 1.165) is 20.8 Å². The van der Waals surface area contributed by atoms with Gasteiger partial charge in [-0.25, -0.2) is 0 Å². The van der Waals surface area contributed by atoms with Crippen LogP contribution < -0.4 is 16.0 Å². The molecule has 0 bridgehead atoms. The van der Waals surface area contributed by atoms with E-state index in [1.54, 1.807) is 0 Å². The van der Waals surface area contributed by atoms with Crippen molar-refractivity contribution in [1.29, 1.82) is 0 Å². The van der Waals surface area contributed by atoms with E-state index in [1.165, 1.54) is 13.8 Å². The molecule has 0 aromatic rings. The van der Waals surface area contributed by atoms with E-state index in [-0.39, 0.29) is 0 Å². The Morgan fingerprint density at radius 3 is 1.27 bits per heavy atom. The first-order valence-corrected chi connectivity index (χ1v) is 27.2. The van der Waals surface area contributed by atoms with Gasteiger partial charge >= 0.3 is 0 Å². The highest BCUT2D eigenvalue weighted by Gasteiger charge is 2.57. The number of rotatable bonds is 24. The number of aliphatic hydroxyl groups excluding tert-OH is 19. The first-order chi connectivity index (χ1) is 40.0. The van der Waals surface area contributed by atoms with Crippen molar-refractivity contribution in [2.45, 2.75) is 243 Å². The monoisotopic (exact) mass is 1250 g/mol. The van der Waals surface area contributed by atoms with E-state index < -0.39 is 266 Å². The second kappa shape index (κ2) is 31.3. The van der Waals surface area contributed by atoms with Gasteiger partial charge in [0, 0.05) is 20.8 Å². The van der Waals surface area contributed by atoms with Gasteiger partial charge < -0.3 is 170 Å². The molecule has 6 fully saturated rings. The van der Waals surface area contributed by atoms with Crippen molar-refractivity contribution in [2.75, 3.05) is 39.6 Å². The number of aliphatic hydroxyl groups is 19. The Hall–Kier alpha value is -2.83. The molecule has 6 heterocycles. The predicted molar refractivity (Wildman–Crippen MR) is 266 cm³/mol. The highest BCUT2D eigenvalue weighted by atomic mass is 16.8. The maximum absolute atomic E-state index is 12.8. The fourth-order valence-electron chi connectivity index (χ4n) is 10.6.